The number of rotatable bonds is 92. The number of hydrogen-bond donors (Lipinski definition) is 2. The maximum absolute atomic E-state index is 12.9. The lowest BCUT2D eigenvalue weighted by atomic mass is 9.76. The van der Waals surface area contributed by atoms with Crippen LogP contribution in [0.4, 0.5) is 5.69 Å². The predicted molar refractivity (Wildman–Crippen MR) is 492 cm³/mol. The average Bonchev–Trinajstić information content (AvgIpc) is 1.58. The van der Waals surface area contributed by atoms with Gasteiger partial charge >= 0.3 is 5.89 Å². The molecule has 1 unspecified atom stereocenters. The van der Waals surface area contributed by atoms with Crippen molar-refractivity contribution in [2.24, 2.45) is 0 Å². The summed E-state index contributed by atoms with van der Waals surface area (Å²) in [6.07, 6.45) is 16.5. The van der Waals surface area contributed by atoms with E-state index >= 15 is 0 Å². The molecule has 2 heterocycles. The lowest BCUT2D eigenvalue weighted by molar-refractivity contribution is -0.894. The molecule has 1 aliphatic heterocycles. The molecule has 0 radical (unpaired) electrons. The van der Waals surface area contributed by atoms with Crippen molar-refractivity contribution in [2.45, 2.75) is 157 Å². The van der Waals surface area contributed by atoms with Crippen LogP contribution in [0, 0.1) is 6.92 Å². The molecule has 736 valence electrons. The van der Waals surface area contributed by atoms with E-state index in [1.165, 1.54) is 47.7 Å². The van der Waals surface area contributed by atoms with Crippen LogP contribution < -0.4 is 19.7 Å². The van der Waals surface area contributed by atoms with Crippen molar-refractivity contribution in [3.05, 3.63) is 76.8 Å². The molecule has 127 heavy (non-hydrogen) atoms. The minimum absolute atomic E-state index is 0.0266. The van der Waals surface area contributed by atoms with E-state index in [-0.39, 0.29) is 22.5 Å². The Bertz CT molecular complexity index is 3060. The first kappa shape index (κ1) is 116. The Morgan fingerprint density at radius 1 is 0.433 bits per heavy atom. The summed E-state index contributed by atoms with van der Waals surface area (Å²) < 4.78 is 141. The van der Waals surface area contributed by atoms with E-state index in [0.29, 0.717) is 330 Å². The third-order valence-electron chi connectivity index (χ3n) is 20.4. The quantitative estimate of drug-likeness (QED) is 0.0392. The van der Waals surface area contributed by atoms with Crippen LogP contribution in [0.3, 0.4) is 0 Å². The zero-order chi connectivity index (χ0) is 91.5. The van der Waals surface area contributed by atoms with E-state index in [1.807, 2.05) is 0 Å². The van der Waals surface area contributed by atoms with Gasteiger partial charge in [-0.25, -0.2) is 0 Å². The zero-order valence-corrected chi connectivity index (χ0v) is 80.4. The van der Waals surface area contributed by atoms with Gasteiger partial charge in [0.25, 0.3) is 5.52 Å². The molecule has 0 fully saturated rings. The van der Waals surface area contributed by atoms with E-state index < -0.39 is 0 Å². The standard InChI is InChI=1S/C90H155N3O27.C6H15N/c1-9-10-28-93-84-78-81(89(4,5)6)23-25-85(84)120-88(93)21-17-19-86-90(7,26-15-11-13-18-80(3)94)82-77-79(2)22-24-83(82)92(86)29-16-12-14-20-87(95)91-27-30-97-33-34-99-37-38-101-41-42-103-45-46-105-49-50-107-53-54-109-57-58-111-61-62-113-65-66-115-69-70-117-73-74-119-76-75-118-72-71-116-68-67-114-64-63-112-60-59-110-56-55-108-52-51-106-48-47-104-44-43-102-40-39-100-36-35-98-32-31-96-8;1-4-7(5-2)6-3/h17,19,21-25,77-78H,9-16,18,20,26-76H2,1-8H3;4-6H2,1-3H3/p+2. The van der Waals surface area contributed by atoms with Gasteiger partial charge in [0.2, 0.25) is 11.5 Å². The van der Waals surface area contributed by atoms with Crippen LogP contribution in [0.1, 0.15) is 156 Å². The number of amides is 1. The first-order valence-corrected chi connectivity index (χ1v) is 47.3. The first-order chi connectivity index (χ1) is 62.2. The summed E-state index contributed by atoms with van der Waals surface area (Å²) in [6, 6.07) is 13.5. The molecular formula is C96H172N4O27+2. The molecule has 1 aliphatic rings. The third kappa shape index (κ3) is 62.4. The van der Waals surface area contributed by atoms with Crippen molar-refractivity contribution in [1.82, 2.24) is 5.32 Å². The number of aryl methyl sites for hydroxylation is 2. The molecule has 0 bridgehead atoms. The molecule has 1 atom stereocenters. The van der Waals surface area contributed by atoms with Gasteiger partial charge < -0.3 is 138 Å². The molecule has 31 heteroatoms. The van der Waals surface area contributed by atoms with E-state index in [4.69, 9.17) is 118 Å². The van der Waals surface area contributed by atoms with Crippen LogP contribution in [-0.4, -0.2) is 362 Å². The number of allylic oxidation sites excluding steroid dienone is 3. The number of carbonyl (C=O) groups is 2. The summed E-state index contributed by atoms with van der Waals surface area (Å²) in [5.41, 5.74) is 8.24. The Labute approximate surface area is 762 Å². The number of nitrogens with zero attached hydrogens (tertiary/aromatic N) is 2. The van der Waals surface area contributed by atoms with Gasteiger partial charge in [-0.2, -0.15) is 4.57 Å². The smallest absolute Gasteiger partial charge is 0.374 e. The number of ether oxygens (including phenoxy) is 24. The van der Waals surface area contributed by atoms with Crippen LogP contribution in [0.25, 0.3) is 17.2 Å². The highest BCUT2D eigenvalue weighted by atomic mass is 16.6. The van der Waals surface area contributed by atoms with E-state index in [9.17, 15) is 9.59 Å². The summed E-state index contributed by atoms with van der Waals surface area (Å²) >= 11 is 0. The molecule has 1 aromatic heterocycles. The Morgan fingerprint density at radius 2 is 0.780 bits per heavy atom. The normalized spacial score (nSPS) is 13.9. The van der Waals surface area contributed by atoms with Crippen LogP contribution in [0.5, 0.6) is 0 Å². The molecule has 2 aromatic carbocycles. The van der Waals surface area contributed by atoms with Crippen LogP contribution in [-0.2, 0) is 141 Å². The number of anilines is 1. The summed E-state index contributed by atoms with van der Waals surface area (Å²) in [7, 11) is 1.64. The van der Waals surface area contributed by atoms with Gasteiger partial charge in [0.05, 0.1) is 336 Å². The molecule has 0 aliphatic carbocycles. The fourth-order valence-electron chi connectivity index (χ4n) is 13.1. The van der Waals surface area contributed by atoms with E-state index in [2.05, 4.69) is 132 Å². The minimum atomic E-state index is -0.219. The number of oxazole rings is 1. The molecule has 4 rings (SSSR count). The van der Waals surface area contributed by atoms with Crippen molar-refractivity contribution in [1.29, 1.82) is 0 Å². The van der Waals surface area contributed by atoms with Crippen molar-refractivity contribution in [3.8, 4) is 0 Å². The average molecular weight is 1810 g/mol. The van der Waals surface area contributed by atoms with Gasteiger partial charge in [0.15, 0.2) is 6.54 Å². The number of unbranched alkanes of at least 4 members (excludes halogenated alkanes) is 5. The summed E-state index contributed by atoms with van der Waals surface area (Å²) in [6.45, 7) is 50.7. The maximum atomic E-state index is 12.9. The monoisotopic (exact) mass is 1810 g/mol. The summed E-state index contributed by atoms with van der Waals surface area (Å²) in [5.74, 6) is 1.13. The van der Waals surface area contributed by atoms with Gasteiger partial charge in [0.1, 0.15) is 5.78 Å². The highest BCUT2D eigenvalue weighted by molar-refractivity contribution is 5.76. The molecule has 0 saturated heterocycles. The van der Waals surface area contributed by atoms with Gasteiger partial charge in [-0.05, 0) is 102 Å². The maximum Gasteiger partial charge on any atom is 0.374 e. The summed E-state index contributed by atoms with van der Waals surface area (Å²) in [4.78, 5) is 28.9. The number of Topliss-reactive ketones (excluding diaryl/α,β-unsaturated/α-hetero) is 1. The van der Waals surface area contributed by atoms with Crippen LogP contribution >= 0.6 is 0 Å². The fraction of sp³-hybridized carbons (Fsp3) is 0.802. The third-order valence-corrected chi connectivity index (χ3v) is 20.4. The number of fused-ring (bicyclic) bond motifs is 2. The fourth-order valence-corrected chi connectivity index (χ4v) is 13.1. The Hall–Kier alpha value is -4.67. The van der Waals surface area contributed by atoms with Crippen molar-refractivity contribution in [2.75, 3.05) is 355 Å². The molecule has 2 N–H and O–H groups in total. The number of methoxy groups -OCH3 is 1. The van der Waals surface area contributed by atoms with Gasteiger partial charge in [-0.1, -0.05) is 83.2 Å². The number of quaternary nitrogens is 1. The molecular weight excluding hydrogens is 1640 g/mol. The highest BCUT2D eigenvalue weighted by Gasteiger charge is 2.43. The second-order valence-corrected chi connectivity index (χ2v) is 31.6. The van der Waals surface area contributed by atoms with Gasteiger partial charge in [-0.3, -0.25) is 4.79 Å². The number of ketones is 1. The molecule has 0 spiro atoms. The number of hydrogen-bond acceptors (Lipinski definition) is 28. The molecule has 0 saturated carbocycles. The van der Waals surface area contributed by atoms with Crippen LogP contribution in [0.2, 0.25) is 0 Å². The van der Waals surface area contributed by atoms with Gasteiger partial charge in [0, 0.05) is 62.3 Å². The van der Waals surface area contributed by atoms with E-state index in [1.54, 1.807) is 18.9 Å². The Morgan fingerprint density at radius 3 is 1.11 bits per heavy atom. The van der Waals surface area contributed by atoms with Crippen molar-refractivity contribution >= 4 is 34.6 Å². The Balaban J connectivity index is 0.00000568. The topological polar surface area (TPSA) is 292 Å². The van der Waals surface area contributed by atoms with E-state index in [0.717, 1.165) is 87.9 Å². The lowest BCUT2D eigenvalue weighted by Crippen LogP contribution is -3.11. The second kappa shape index (κ2) is 83.2. The number of carbonyl (C=O) groups excluding carboxylic acids is 2. The first-order valence-electron chi connectivity index (χ1n) is 47.3. The summed E-state index contributed by atoms with van der Waals surface area (Å²) in [5, 5.41) is 3.01. The van der Waals surface area contributed by atoms with Gasteiger partial charge in [-0.15, -0.1) is 0 Å². The van der Waals surface area contributed by atoms with Crippen LogP contribution in [0.15, 0.2) is 58.7 Å². The lowest BCUT2D eigenvalue weighted by Gasteiger charge is -2.30. The number of benzene rings is 2. The minimum Gasteiger partial charge on any atom is -0.398 e. The number of aromatic nitrogens is 1. The molecule has 31 nitrogen and oxygen atoms in total. The van der Waals surface area contributed by atoms with Crippen molar-refractivity contribution < 1.29 is 137 Å². The second-order valence-electron chi connectivity index (χ2n) is 31.6. The van der Waals surface area contributed by atoms with Crippen molar-refractivity contribution in [3.63, 3.8) is 0 Å². The predicted octanol–water partition coefficient (Wildman–Crippen LogP) is 9.98. The highest BCUT2D eigenvalue weighted by Crippen LogP contribution is 2.51. The molecule has 3 aromatic rings. The zero-order valence-electron chi connectivity index (χ0n) is 80.4. The Kier molecular flexibility index (Phi) is 76.3. The molecule has 1 amide bonds. The number of nitrogens with one attached hydrogen (secondary N) is 2. The SMILES string of the molecule is CCCC[n+]1c(C=CC=C2N(CCCCCC(=O)NCCOCCOCCOCCOCCOCCOCCOCCOCCOCCOCCOCCOCCOCCOCCOCCOCCOCCOCCOCCOCCOCCOCCOCCOC)c3ccc(C)cc3C2(C)CCCCCC(C)=O)oc2ccc(C(C)(C)C)cc21.CC[NH+](CC)CC. The largest absolute Gasteiger partial charge is 0.398 e.